The number of anilines is 2. The quantitative estimate of drug-likeness (QED) is 0.731. The maximum atomic E-state index is 9.60. The van der Waals surface area contributed by atoms with Crippen LogP contribution in [-0.2, 0) is 4.74 Å². The van der Waals surface area contributed by atoms with Crippen molar-refractivity contribution in [3.05, 3.63) is 36.4 Å². The van der Waals surface area contributed by atoms with Gasteiger partial charge in [-0.2, -0.15) is 0 Å². The summed E-state index contributed by atoms with van der Waals surface area (Å²) in [6, 6.07) is 11.2. The molecule has 20 heavy (non-hydrogen) atoms. The topological polar surface area (TPSA) is 93.3 Å². The highest BCUT2D eigenvalue weighted by atomic mass is 16.5. The van der Waals surface area contributed by atoms with Crippen molar-refractivity contribution in [3.63, 3.8) is 0 Å². The molecule has 4 N–H and O–H groups in total. The van der Waals surface area contributed by atoms with E-state index in [4.69, 9.17) is 10.5 Å². The van der Waals surface area contributed by atoms with E-state index in [1.54, 1.807) is 13.2 Å². The number of rotatable bonds is 6. The summed E-state index contributed by atoms with van der Waals surface area (Å²) in [4.78, 5) is 8.59. The van der Waals surface area contributed by atoms with Crippen molar-refractivity contribution in [1.29, 1.82) is 0 Å². The molecule has 0 saturated carbocycles. The van der Waals surface area contributed by atoms with E-state index in [-0.39, 0.29) is 6.61 Å². The van der Waals surface area contributed by atoms with Crippen LogP contribution in [0.25, 0.3) is 11.4 Å². The number of hydrogen-bond acceptors (Lipinski definition) is 6. The molecule has 2 rings (SSSR count). The van der Waals surface area contributed by atoms with Crippen molar-refractivity contribution in [2.24, 2.45) is 0 Å². The lowest BCUT2D eigenvalue weighted by molar-refractivity contribution is 0.0727. The number of hydrogen-bond donors (Lipinski definition) is 3. The van der Waals surface area contributed by atoms with E-state index < -0.39 is 6.10 Å². The number of benzene rings is 1. The molecule has 2 aromatic rings. The zero-order valence-electron chi connectivity index (χ0n) is 11.3. The first kappa shape index (κ1) is 14.2. The predicted molar refractivity (Wildman–Crippen MR) is 78.3 cm³/mol. The lowest BCUT2D eigenvalue weighted by Gasteiger charge is -2.12. The van der Waals surface area contributed by atoms with Gasteiger partial charge in [0.25, 0.3) is 0 Å². The number of methoxy groups -OCH3 is 1. The van der Waals surface area contributed by atoms with Gasteiger partial charge < -0.3 is 20.9 Å². The van der Waals surface area contributed by atoms with Crippen molar-refractivity contribution >= 4 is 11.6 Å². The van der Waals surface area contributed by atoms with Gasteiger partial charge in [-0.3, -0.25) is 0 Å². The fourth-order valence-electron chi connectivity index (χ4n) is 1.75. The van der Waals surface area contributed by atoms with E-state index in [1.165, 1.54) is 0 Å². The number of ether oxygens (including phenoxy) is 1. The molecule has 1 unspecified atom stereocenters. The number of aromatic nitrogens is 2. The van der Waals surface area contributed by atoms with Crippen LogP contribution in [0.5, 0.6) is 0 Å². The molecule has 1 aromatic carbocycles. The van der Waals surface area contributed by atoms with Crippen LogP contribution in [0.2, 0.25) is 0 Å². The second kappa shape index (κ2) is 6.83. The van der Waals surface area contributed by atoms with Gasteiger partial charge in [-0.15, -0.1) is 0 Å². The number of nitrogens with zero attached hydrogens (tertiary/aromatic N) is 2. The van der Waals surface area contributed by atoms with E-state index in [1.807, 2.05) is 30.3 Å². The van der Waals surface area contributed by atoms with Crippen LogP contribution >= 0.6 is 0 Å². The van der Waals surface area contributed by atoms with Crippen LogP contribution in [0.15, 0.2) is 36.4 Å². The molecule has 106 valence electrons. The van der Waals surface area contributed by atoms with Gasteiger partial charge in [-0.05, 0) is 0 Å². The van der Waals surface area contributed by atoms with Crippen molar-refractivity contribution in [2.45, 2.75) is 6.10 Å². The summed E-state index contributed by atoms with van der Waals surface area (Å²) in [6.45, 7) is 0.595. The Morgan fingerprint density at radius 3 is 2.75 bits per heavy atom. The Labute approximate surface area is 117 Å². The summed E-state index contributed by atoms with van der Waals surface area (Å²) >= 11 is 0. The molecule has 0 saturated heterocycles. The third kappa shape index (κ3) is 3.91. The highest BCUT2D eigenvalue weighted by molar-refractivity contribution is 5.60. The minimum absolute atomic E-state index is 0.263. The molecule has 1 atom stereocenters. The Morgan fingerprint density at radius 2 is 2.05 bits per heavy atom. The lowest BCUT2D eigenvalue weighted by Crippen LogP contribution is -2.24. The second-order valence-electron chi connectivity index (χ2n) is 4.36. The van der Waals surface area contributed by atoms with E-state index in [2.05, 4.69) is 15.3 Å². The van der Waals surface area contributed by atoms with E-state index >= 15 is 0 Å². The number of nitrogens with one attached hydrogen (secondary N) is 1. The van der Waals surface area contributed by atoms with E-state index in [9.17, 15) is 5.11 Å². The van der Waals surface area contributed by atoms with Gasteiger partial charge in [-0.25, -0.2) is 9.97 Å². The van der Waals surface area contributed by atoms with Gasteiger partial charge >= 0.3 is 0 Å². The molecule has 0 aliphatic carbocycles. The average Bonchev–Trinajstić information content (AvgIpc) is 2.46. The minimum atomic E-state index is -0.601. The van der Waals surface area contributed by atoms with Crippen LogP contribution in [0.4, 0.5) is 11.6 Å². The SMILES string of the molecule is COCC(O)CNc1cc(N)nc(-c2ccccc2)n1. The largest absolute Gasteiger partial charge is 0.389 e. The number of nitrogens with two attached hydrogens (primary N) is 1. The van der Waals surface area contributed by atoms with Gasteiger partial charge in [0.2, 0.25) is 0 Å². The molecular weight excluding hydrogens is 256 g/mol. The number of aliphatic hydroxyl groups is 1. The van der Waals surface area contributed by atoms with Gasteiger partial charge in [0.15, 0.2) is 5.82 Å². The summed E-state index contributed by atoms with van der Waals surface area (Å²) in [6.07, 6.45) is -0.601. The average molecular weight is 274 g/mol. The zero-order valence-corrected chi connectivity index (χ0v) is 11.3. The van der Waals surface area contributed by atoms with E-state index in [0.717, 1.165) is 5.56 Å². The normalized spacial score (nSPS) is 12.1. The molecule has 6 nitrogen and oxygen atoms in total. The van der Waals surface area contributed by atoms with Crippen LogP contribution in [0.1, 0.15) is 0 Å². The van der Waals surface area contributed by atoms with E-state index in [0.29, 0.717) is 24.0 Å². The van der Waals surface area contributed by atoms with Gasteiger partial charge in [0.1, 0.15) is 11.6 Å². The lowest BCUT2D eigenvalue weighted by atomic mass is 10.2. The Balaban J connectivity index is 2.13. The van der Waals surface area contributed by atoms with Gasteiger partial charge in [0.05, 0.1) is 12.7 Å². The highest BCUT2D eigenvalue weighted by Crippen LogP contribution is 2.18. The zero-order chi connectivity index (χ0) is 14.4. The first-order valence-corrected chi connectivity index (χ1v) is 6.30. The van der Waals surface area contributed by atoms with Crippen molar-refractivity contribution in [1.82, 2.24) is 9.97 Å². The third-order valence-electron chi connectivity index (χ3n) is 2.66. The molecular formula is C14H18N4O2. The summed E-state index contributed by atoms with van der Waals surface area (Å²) in [5.74, 6) is 1.50. The highest BCUT2D eigenvalue weighted by Gasteiger charge is 2.07. The summed E-state index contributed by atoms with van der Waals surface area (Å²) in [5, 5.41) is 12.6. The van der Waals surface area contributed by atoms with Crippen molar-refractivity contribution in [3.8, 4) is 11.4 Å². The Hall–Kier alpha value is -2.18. The summed E-state index contributed by atoms with van der Waals surface area (Å²) < 4.78 is 4.86. The molecule has 0 bridgehead atoms. The monoisotopic (exact) mass is 274 g/mol. The van der Waals surface area contributed by atoms with Crippen LogP contribution in [0.3, 0.4) is 0 Å². The summed E-state index contributed by atoms with van der Waals surface area (Å²) in [7, 11) is 1.54. The fraction of sp³-hybridized carbons (Fsp3) is 0.286. The van der Waals surface area contributed by atoms with Crippen molar-refractivity contribution in [2.75, 3.05) is 31.3 Å². The molecule has 0 amide bonds. The Kier molecular flexibility index (Phi) is 4.86. The van der Waals surface area contributed by atoms with Crippen LogP contribution < -0.4 is 11.1 Å². The fourth-order valence-corrected chi connectivity index (χ4v) is 1.75. The van der Waals surface area contributed by atoms with Gasteiger partial charge in [0, 0.05) is 25.3 Å². The van der Waals surface area contributed by atoms with Crippen LogP contribution in [0, 0.1) is 0 Å². The van der Waals surface area contributed by atoms with Gasteiger partial charge in [-0.1, -0.05) is 30.3 Å². The maximum absolute atomic E-state index is 9.60. The smallest absolute Gasteiger partial charge is 0.163 e. The Morgan fingerprint density at radius 1 is 1.30 bits per heavy atom. The third-order valence-corrected chi connectivity index (χ3v) is 2.66. The first-order chi connectivity index (χ1) is 9.69. The predicted octanol–water partition coefficient (Wildman–Crippen LogP) is 1.15. The van der Waals surface area contributed by atoms with Crippen molar-refractivity contribution < 1.29 is 9.84 Å². The second-order valence-corrected chi connectivity index (χ2v) is 4.36. The number of nitrogen functional groups attached to an aromatic ring is 1. The molecule has 1 heterocycles. The molecule has 0 spiro atoms. The molecule has 0 aliphatic rings. The summed E-state index contributed by atoms with van der Waals surface area (Å²) in [5.41, 5.74) is 6.67. The molecule has 1 aromatic heterocycles. The Bertz CT molecular complexity index is 548. The minimum Gasteiger partial charge on any atom is -0.389 e. The molecule has 0 fully saturated rings. The molecule has 0 radical (unpaired) electrons. The molecule has 6 heteroatoms. The maximum Gasteiger partial charge on any atom is 0.163 e. The first-order valence-electron chi connectivity index (χ1n) is 6.30. The number of aliphatic hydroxyl groups excluding tert-OH is 1. The standard InChI is InChI=1S/C14H18N4O2/c1-20-9-11(19)8-16-13-7-12(15)17-14(18-13)10-5-3-2-4-6-10/h2-7,11,19H,8-9H2,1H3,(H3,15,16,17,18). The van der Waals surface area contributed by atoms with Crippen LogP contribution in [-0.4, -0.2) is 41.4 Å². The molecule has 0 aliphatic heterocycles.